The van der Waals surface area contributed by atoms with Crippen LogP contribution in [0.3, 0.4) is 0 Å². The Hall–Kier alpha value is 0.0649. The molecule has 4 aliphatic carbocycles. The molecule has 4 saturated carbocycles. The maximum absolute atomic E-state index is 1.62. The zero-order valence-corrected chi connectivity index (χ0v) is 30.1. The van der Waals surface area contributed by atoms with E-state index in [2.05, 4.69) is 0 Å². The molecule has 1 heterocycles. The van der Waals surface area contributed by atoms with E-state index >= 15 is 0 Å². The average molecular weight is 607 g/mol. The summed E-state index contributed by atoms with van der Waals surface area (Å²) >= 11 is 0. The van der Waals surface area contributed by atoms with Gasteiger partial charge < -0.3 is 0 Å². The van der Waals surface area contributed by atoms with Gasteiger partial charge in [0, 0.05) is 0 Å². The summed E-state index contributed by atoms with van der Waals surface area (Å²) in [5.41, 5.74) is 0. The fourth-order valence-electron chi connectivity index (χ4n) is 12.5. The molecular formula is C43H79B. The molecule has 1 heteroatoms. The van der Waals surface area contributed by atoms with Gasteiger partial charge in [-0.1, -0.05) is 249 Å². The Kier molecular flexibility index (Phi) is 17.0. The first-order valence-electron chi connectivity index (χ1n) is 21.9. The fraction of sp³-hybridized carbons (Fsp3) is 1.00. The fourth-order valence-corrected chi connectivity index (χ4v) is 12.5. The number of fused-ring (bicyclic) bond motifs is 2. The number of rotatable bonds is 2. The Morgan fingerprint density at radius 3 is 0.886 bits per heavy atom. The van der Waals surface area contributed by atoms with Gasteiger partial charge in [0.15, 0.2) is 0 Å². The first kappa shape index (κ1) is 35.4. The van der Waals surface area contributed by atoms with Crippen molar-refractivity contribution in [3.05, 3.63) is 0 Å². The molecule has 0 spiro atoms. The maximum atomic E-state index is 1.62. The van der Waals surface area contributed by atoms with E-state index in [1.165, 1.54) is 103 Å². The lowest BCUT2D eigenvalue weighted by Crippen LogP contribution is -2.51. The highest BCUT2D eigenvalue weighted by Gasteiger charge is 2.54. The van der Waals surface area contributed by atoms with E-state index < -0.39 is 0 Å². The van der Waals surface area contributed by atoms with Crippen LogP contribution in [0, 0.1) is 23.7 Å². The van der Waals surface area contributed by atoms with Crippen molar-refractivity contribution in [2.45, 2.75) is 249 Å². The van der Waals surface area contributed by atoms with Gasteiger partial charge in [0.2, 0.25) is 0 Å². The first-order chi connectivity index (χ1) is 21.9. The minimum absolute atomic E-state index is 1.06. The molecule has 0 aromatic rings. The third-order valence-electron chi connectivity index (χ3n) is 14.6. The van der Waals surface area contributed by atoms with Crippen molar-refractivity contribution in [1.82, 2.24) is 0 Å². The van der Waals surface area contributed by atoms with Gasteiger partial charge in [-0.3, -0.25) is 0 Å². The Morgan fingerprint density at radius 1 is 0.250 bits per heavy atom. The topological polar surface area (TPSA) is 0 Å². The van der Waals surface area contributed by atoms with E-state index in [4.69, 9.17) is 0 Å². The molecule has 5 unspecified atom stereocenters. The molecule has 0 amide bonds. The lowest BCUT2D eigenvalue weighted by Gasteiger charge is -2.56. The van der Waals surface area contributed by atoms with Crippen molar-refractivity contribution in [3.8, 4) is 0 Å². The summed E-state index contributed by atoms with van der Waals surface area (Å²) in [5.74, 6) is 7.52. The van der Waals surface area contributed by atoms with Crippen LogP contribution in [0.25, 0.3) is 0 Å². The summed E-state index contributed by atoms with van der Waals surface area (Å²) in [6.07, 6.45) is 56.1. The van der Waals surface area contributed by atoms with Gasteiger partial charge in [-0.2, -0.15) is 0 Å². The zero-order valence-electron chi connectivity index (χ0n) is 30.1. The minimum atomic E-state index is 1.06. The Balaban J connectivity index is 1.51. The average Bonchev–Trinajstić information content (AvgIpc) is 3.15. The normalized spacial score (nSPS) is 35.2. The Morgan fingerprint density at radius 2 is 0.523 bits per heavy atom. The number of hydrogen-bond donors (Lipinski definition) is 0. The van der Waals surface area contributed by atoms with Crippen molar-refractivity contribution >= 4 is 6.71 Å². The van der Waals surface area contributed by atoms with Crippen molar-refractivity contribution in [1.29, 1.82) is 0 Å². The van der Waals surface area contributed by atoms with Crippen LogP contribution in [0.5, 0.6) is 0 Å². The van der Waals surface area contributed by atoms with E-state index in [9.17, 15) is 0 Å². The summed E-state index contributed by atoms with van der Waals surface area (Å²) in [7, 11) is 0. The highest BCUT2D eigenvalue weighted by molar-refractivity contribution is 6.64. The second-order valence-electron chi connectivity index (χ2n) is 17.5. The first-order valence-corrected chi connectivity index (χ1v) is 21.9. The summed E-state index contributed by atoms with van der Waals surface area (Å²) in [6, 6.07) is 0. The summed E-state index contributed by atoms with van der Waals surface area (Å²) in [5, 5.41) is 0. The van der Waals surface area contributed by atoms with Crippen LogP contribution >= 0.6 is 0 Å². The Bertz CT molecular complexity index is 694. The maximum Gasteiger partial charge on any atom is 0.150 e. The van der Waals surface area contributed by atoms with Crippen molar-refractivity contribution in [3.63, 3.8) is 0 Å². The van der Waals surface area contributed by atoms with Gasteiger partial charge in [-0.15, -0.1) is 0 Å². The molecule has 1 aliphatic heterocycles. The van der Waals surface area contributed by atoms with Crippen LogP contribution in [-0.2, 0) is 0 Å². The molecule has 5 fully saturated rings. The Labute approximate surface area is 278 Å². The molecule has 5 rings (SSSR count). The van der Waals surface area contributed by atoms with Gasteiger partial charge in [0.25, 0.3) is 0 Å². The molecule has 44 heavy (non-hydrogen) atoms. The third-order valence-corrected chi connectivity index (χ3v) is 14.6. The van der Waals surface area contributed by atoms with Crippen LogP contribution in [0.2, 0.25) is 17.5 Å². The second-order valence-corrected chi connectivity index (χ2v) is 17.5. The van der Waals surface area contributed by atoms with Gasteiger partial charge in [0.05, 0.1) is 0 Å². The molecule has 5 aliphatic rings. The standard InChI is InChI=1S/C43H79B/c1-2-8-16-24-32-38(31-23-15-7-1)44-41-35-27-19-10-4-9-17-25-33-39(41)43(37-29-21-13-5-3-6-14-22-30-37)40-34-26-18-11-12-20-28-36-42(40)44/h37-43H,1-36H2. The van der Waals surface area contributed by atoms with Crippen LogP contribution in [0.1, 0.15) is 231 Å². The molecule has 0 aromatic heterocycles. The largest absolute Gasteiger partial charge is 0.150 e. The monoisotopic (exact) mass is 607 g/mol. The second kappa shape index (κ2) is 21.1. The predicted octanol–water partition coefficient (Wildman–Crippen LogP) is 15.2. The lowest BCUT2D eigenvalue weighted by molar-refractivity contribution is 0.0718. The highest BCUT2D eigenvalue weighted by atomic mass is 14.5. The van der Waals surface area contributed by atoms with E-state index in [1.807, 2.05) is 0 Å². The quantitative estimate of drug-likeness (QED) is 0.274. The van der Waals surface area contributed by atoms with Gasteiger partial charge in [-0.05, 0) is 23.7 Å². The van der Waals surface area contributed by atoms with Gasteiger partial charge in [0.1, 0.15) is 6.71 Å². The van der Waals surface area contributed by atoms with E-state index in [0.29, 0.717) is 0 Å². The molecular weight excluding hydrogens is 527 g/mol. The van der Waals surface area contributed by atoms with Crippen LogP contribution < -0.4 is 0 Å². The molecule has 0 bridgehead atoms. The minimum Gasteiger partial charge on any atom is -0.0617 e. The summed E-state index contributed by atoms with van der Waals surface area (Å²) in [4.78, 5) is 0. The van der Waals surface area contributed by atoms with Gasteiger partial charge in [-0.25, -0.2) is 0 Å². The van der Waals surface area contributed by atoms with Crippen LogP contribution in [-0.4, -0.2) is 6.71 Å². The van der Waals surface area contributed by atoms with Crippen LogP contribution in [0.15, 0.2) is 0 Å². The van der Waals surface area contributed by atoms with Crippen molar-refractivity contribution < 1.29 is 0 Å². The highest BCUT2D eigenvalue weighted by Crippen LogP contribution is 2.61. The van der Waals surface area contributed by atoms with E-state index in [0.717, 1.165) is 47.8 Å². The molecule has 5 atom stereocenters. The van der Waals surface area contributed by atoms with Gasteiger partial charge >= 0.3 is 0 Å². The smallest absolute Gasteiger partial charge is 0.0617 e. The molecule has 0 nitrogen and oxygen atoms in total. The summed E-state index contributed by atoms with van der Waals surface area (Å²) < 4.78 is 0. The van der Waals surface area contributed by atoms with E-state index in [-0.39, 0.29) is 0 Å². The lowest BCUT2D eigenvalue weighted by atomic mass is 9.18. The molecule has 0 radical (unpaired) electrons. The van der Waals surface area contributed by atoms with Crippen molar-refractivity contribution in [2.75, 3.05) is 0 Å². The molecule has 0 aromatic carbocycles. The molecule has 0 N–H and O–H groups in total. The molecule has 1 saturated heterocycles. The number of hydrogen-bond acceptors (Lipinski definition) is 0. The third kappa shape index (κ3) is 11.1. The van der Waals surface area contributed by atoms with E-state index in [1.54, 1.807) is 128 Å². The molecule has 254 valence electrons. The van der Waals surface area contributed by atoms with Crippen molar-refractivity contribution in [2.24, 2.45) is 23.7 Å². The van der Waals surface area contributed by atoms with Crippen LogP contribution in [0.4, 0.5) is 0 Å². The summed E-state index contributed by atoms with van der Waals surface area (Å²) in [6.45, 7) is 1.08. The zero-order chi connectivity index (χ0) is 30.1. The predicted molar refractivity (Wildman–Crippen MR) is 197 cm³/mol. The SMILES string of the molecule is C1CCCCCC(B2C3CCCCCCCCCC3C(C3CCCCCCCCC3)C3CCCCCCCCC23)CCCC1.